The maximum absolute atomic E-state index is 13.1. The number of nitrogens with zero attached hydrogens (tertiary/aromatic N) is 1. The van der Waals surface area contributed by atoms with Gasteiger partial charge in [0, 0.05) is 18.7 Å². The van der Waals surface area contributed by atoms with Gasteiger partial charge in [-0.15, -0.1) is 0 Å². The van der Waals surface area contributed by atoms with E-state index in [9.17, 15) is 4.79 Å². The lowest BCUT2D eigenvalue weighted by Gasteiger charge is -2.26. The summed E-state index contributed by atoms with van der Waals surface area (Å²) in [6.45, 7) is 5.60. The summed E-state index contributed by atoms with van der Waals surface area (Å²) in [5.41, 5.74) is 5.81. The number of methoxy groups -OCH3 is 3. The number of fused-ring (bicyclic) bond motifs is 1. The van der Waals surface area contributed by atoms with Crippen molar-refractivity contribution in [3.63, 3.8) is 0 Å². The molecular weight excluding hydrogens is 510 g/mol. The number of ether oxygens (including phenoxy) is 3. The van der Waals surface area contributed by atoms with E-state index in [1.807, 2.05) is 73.3 Å². The second kappa shape index (κ2) is 12.7. The first-order chi connectivity index (χ1) is 18.8. The molecule has 3 aromatic carbocycles. The van der Waals surface area contributed by atoms with E-state index in [1.165, 1.54) is 0 Å². The number of hydrogen-bond acceptors (Lipinski definition) is 5. The van der Waals surface area contributed by atoms with Gasteiger partial charge in [-0.2, -0.15) is 0 Å². The van der Waals surface area contributed by atoms with E-state index in [1.54, 1.807) is 21.3 Å². The van der Waals surface area contributed by atoms with Gasteiger partial charge in [0.25, 0.3) is 5.56 Å². The quantitative estimate of drug-likeness (QED) is 0.262. The highest BCUT2D eigenvalue weighted by Gasteiger charge is 2.15. The average molecular weight is 546 g/mol. The third kappa shape index (κ3) is 6.70. The fourth-order valence-electron chi connectivity index (χ4n) is 4.51. The van der Waals surface area contributed by atoms with E-state index in [-0.39, 0.29) is 5.56 Å². The molecule has 0 aliphatic heterocycles. The Kier molecular flexibility index (Phi) is 9.09. The van der Waals surface area contributed by atoms with Crippen LogP contribution in [0.25, 0.3) is 10.9 Å². The van der Waals surface area contributed by atoms with Crippen LogP contribution >= 0.6 is 12.2 Å². The third-order valence-electron chi connectivity index (χ3n) is 6.95. The first kappa shape index (κ1) is 28.0. The summed E-state index contributed by atoms with van der Waals surface area (Å²) in [6.07, 6.45) is 0.742. The van der Waals surface area contributed by atoms with Crippen molar-refractivity contribution in [3.05, 3.63) is 98.8 Å². The fraction of sp³-hybridized carbons (Fsp3) is 0.290. The Hall–Kier alpha value is -4.04. The van der Waals surface area contributed by atoms with Crippen LogP contribution in [0.15, 0.2) is 65.5 Å². The molecule has 0 aliphatic rings. The second-order valence-electron chi connectivity index (χ2n) is 9.47. The number of pyridine rings is 1. The van der Waals surface area contributed by atoms with Crippen LogP contribution < -0.4 is 25.1 Å². The van der Waals surface area contributed by atoms with Crippen molar-refractivity contribution in [1.82, 2.24) is 15.2 Å². The van der Waals surface area contributed by atoms with Gasteiger partial charge in [-0.3, -0.25) is 4.79 Å². The summed E-state index contributed by atoms with van der Waals surface area (Å²) >= 11 is 5.84. The Morgan fingerprint density at radius 1 is 0.872 bits per heavy atom. The van der Waals surface area contributed by atoms with E-state index < -0.39 is 0 Å². The predicted octanol–water partition coefficient (Wildman–Crippen LogP) is 5.29. The lowest BCUT2D eigenvalue weighted by Crippen LogP contribution is -2.40. The van der Waals surface area contributed by atoms with Crippen LogP contribution in [0.5, 0.6) is 17.2 Å². The topological polar surface area (TPSA) is 75.8 Å². The highest BCUT2D eigenvalue weighted by Crippen LogP contribution is 2.27. The molecule has 0 amide bonds. The zero-order valence-electron chi connectivity index (χ0n) is 23.1. The van der Waals surface area contributed by atoms with Crippen LogP contribution in [0.3, 0.4) is 0 Å². The van der Waals surface area contributed by atoms with Gasteiger partial charge < -0.3 is 29.4 Å². The van der Waals surface area contributed by atoms with E-state index in [4.69, 9.17) is 26.4 Å². The summed E-state index contributed by atoms with van der Waals surface area (Å²) in [4.78, 5) is 18.2. The van der Waals surface area contributed by atoms with Gasteiger partial charge in [-0.25, -0.2) is 0 Å². The fourth-order valence-corrected chi connectivity index (χ4v) is 4.74. The molecule has 7 nitrogen and oxygen atoms in total. The van der Waals surface area contributed by atoms with Crippen LogP contribution in [-0.2, 0) is 19.5 Å². The number of nitrogens with one attached hydrogen (secondary N) is 2. The maximum Gasteiger partial charge on any atom is 0.253 e. The average Bonchev–Trinajstić information content (AvgIpc) is 2.95. The molecule has 0 radical (unpaired) electrons. The van der Waals surface area contributed by atoms with E-state index in [0.717, 1.165) is 45.3 Å². The highest BCUT2D eigenvalue weighted by atomic mass is 32.1. The van der Waals surface area contributed by atoms with Gasteiger partial charge in [-0.05, 0) is 90.5 Å². The number of aromatic amines is 1. The van der Waals surface area contributed by atoms with Crippen LogP contribution in [0.2, 0.25) is 0 Å². The SMILES string of the molecule is COc1ccc(CN(Cc2cc3ccc(C)c(C)c3[nH]c2=O)C(=S)NCCc2ccc(OC)c(OC)c2)cc1. The monoisotopic (exact) mass is 545 g/mol. The Balaban J connectivity index is 1.54. The van der Waals surface area contributed by atoms with Gasteiger partial charge >= 0.3 is 0 Å². The van der Waals surface area contributed by atoms with Crippen molar-refractivity contribution in [1.29, 1.82) is 0 Å². The van der Waals surface area contributed by atoms with Crippen molar-refractivity contribution in [2.75, 3.05) is 27.9 Å². The van der Waals surface area contributed by atoms with Crippen molar-refractivity contribution >= 4 is 28.2 Å². The number of aryl methyl sites for hydroxylation is 2. The summed E-state index contributed by atoms with van der Waals surface area (Å²) in [7, 11) is 4.90. The first-order valence-corrected chi connectivity index (χ1v) is 13.2. The largest absolute Gasteiger partial charge is 0.497 e. The van der Waals surface area contributed by atoms with Crippen molar-refractivity contribution in [2.45, 2.75) is 33.4 Å². The van der Waals surface area contributed by atoms with E-state index in [2.05, 4.69) is 16.4 Å². The molecule has 8 heteroatoms. The lowest BCUT2D eigenvalue weighted by atomic mass is 10.0. The number of thiocarbonyl (C=S) groups is 1. The van der Waals surface area contributed by atoms with E-state index >= 15 is 0 Å². The minimum Gasteiger partial charge on any atom is -0.497 e. The minimum absolute atomic E-state index is 0.107. The normalized spacial score (nSPS) is 10.8. The number of hydrogen-bond donors (Lipinski definition) is 2. The smallest absolute Gasteiger partial charge is 0.253 e. The first-order valence-electron chi connectivity index (χ1n) is 12.8. The molecule has 0 bridgehead atoms. The number of H-pyrrole nitrogens is 1. The molecule has 39 heavy (non-hydrogen) atoms. The van der Waals surface area contributed by atoms with Gasteiger partial charge in [0.1, 0.15) is 5.75 Å². The Labute approximate surface area is 234 Å². The molecule has 204 valence electrons. The molecule has 1 heterocycles. The molecule has 0 saturated carbocycles. The molecule has 2 N–H and O–H groups in total. The van der Waals surface area contributed by atoms with Crippen molar-refractivity contribution in [3.8, 4) is 17.2 Å². The highest BCUT2D eigenvalue weighted by molar-refractivity contribution is 7.80. The Bertz CT molecular complexity index is 1520. The van der Waals surface area contributed by atoms with Crippen molar-refractivity contribution in [2.24, 2.45) is 0 Å². The van der Waals surface area contributed by atoms with E-state index in [0.29, 0.717) is 41.8 Å². The minimum atomic E-state index is -0.107. The summed E-state index contributed by atoms with van der Waals surface area (Å²) < 4.78 is 16.1. The van der Waals surface area contributed by atoms with Gasteiger partial charge in [0.2, 0.25) is 0 Å². The maximum atomic E-state index is 13.1. The molecule has 0 atom stereocenters. The number of aromatic nitrogens is 1. The zero-order valence-corrected chi connectivity index (χ0v) is 23.9. The van der Waals surface area contributed by atoms with Gasteiger partial charge in [0.05, 0.1) is 33.4 Å². The lowest BCUT2D eigenvalue weighted by molar-refractivity contribution is 0.354. The molecule has 0 unspecified atom stereocenters. The molecule has 4 rings (SSSR count). The predicted molar refractivity (Wildman–Crippen MR) is 160 cm³/mol. The molecule has 0 aliphatic carbocycles. The van der Waals surface area contributed by atoms with Gasteiger partial charge in [-0.1, -0.05) is 30.3 Å². The molecule has 4 aromatic rings. The van der Waals surface area contributed by atoms with Crippen LogP contribution in [0, 0.1) is 13.8 Å². The van der Waals surface area contributed by atoms with Crippen LogP contribution in [0.1, 0.15) is 27.8 Å². The van der Waals surface area contributed by atoms with Crippen LogP contribution in [0.4, 0.5) is 0 Å². The summed E-state index contributed by atoms with van der Waals surface area (Å²) in [5.74, 6) is 2.18. The number of rotatable bonds is 10. The Morgan fingerprint density at radius 3 is 2.28 bits per heavy atom. The summed E-state index contributed by atoms with van der Waals surface area (Å²) in [5, 5.41) is 4.96. The second-order valence-corrected chi connectivity index (χ2v) is 9.86. The molecule has 1 aromatic heterocycles. The standard InChI is InChI=1S/C31H35N3O4S/c1-20-6-10-24-17-25(30(35)33-29(24)21(20)2)19-34(18-23-7-11-26(36-3)12-8-23)31(39)32-15-14-22-9-13-27(37-4)28(16-22)38-5/h6-13,16-17H,14-15,18-19H2,1-5H3,(H,32,39)(H,33,35). The molecule has 0 saturated heterocycles. The molecule has 0 spiro atoms. The molecule has 0 fully saturated rings. The van der Waals surface area contributed by atoms with Crippen molar-refractivity contribution < 1.29 is 14.2 Å². The number of benzene rings is 3. The zero-order chi connectivity index (χ0) is 27.9. The summed E-state index contributed by atoms with van der Waals surface area (Å²) in [6, 6.07) is 19.8. The van der Waals surface area contributed by atoms with Gasteiger partial charge in [0.15, 0.2) is 16.6 Å². The Morgan fingerprint density at radius 2 is 1.59 bits per heavy atom. The van der Waals surface area contributed by atoms with Crippen LogP contribution in [-0.4, -0.2) is 42.9 Å². The third-order valence-corrected chi connectivity index (χ3v) is 7.35. The molecular formula is C31H35N3O4S.